The van der Waals surface area contributed by atoms with Crippen molar-refractivity contribution in [2.75, 3.05) is 13.7 Å². The highest BCUT2D eigenvalue weighted by molar-refractivity contribution is 6.30. The molecule has 0 bridgehead atoms. The van der Waals surface area contributed by atoms with Crippen LogP contribution in [0, 0.1) is 0 Å². The van der Waals surface area contributed by atoms with Crippen LogP contribution in [0.2, 0.25) is 5.02 Å². The molecule has 164 valence electrons. The zero-order valence-electron chi connectivity index (χ0n) is 16.5. The molecule has 0 unspecified atom stereocenters. The first-order chi connectivity index (χ1) is 14.8. The number of methoxy groups -OCH3 is 1. The molecule has 1 aromatic carbocycles. The maximum atomic E-state index is 12.7. The van der Waals surface area contributed by atoms with Crippen molar-refractivity contribution in [2.24, 2.45) is 5.73 Å². The molecule has 31 heavy (non-hydrogen) atoms. The average molecular weight is 450 g/mol. The number of aromatic nitrogens is 6. The standard InChI is InChI=1S/C18H20ClN7O5/c1-31-7-6-25-17(29)13(16(20)28)8-24(18(25)30)10-15-21-23-26(22-15)9-14(27)11-2-4-12(19)5-3-11/h2-5,8,14,27H,6-7,9-10H2,1H3,(H2,20,28)/t14-/m0/s1. The lowest BCUT2D eigenvalue weighted by molar-refractivity contribution is 0.0996. The Bertz CT molecular complexity index is 1190. The summed E-state index contributed by atoms with van der Waals surface area (Å²) >= 11 is 5.84. The molecule has 0 saturated heterocycles. The molecular weight excluding hydrogens is 430 g/mol. The lowest BCUT2D eigenvalue weighted by Gasteiger charge is -2.10. The summed E-state index contributed by atoms with van der Waals surface area (Å²) in [5, 5.41) is 22.7. The molecule has 0 aliphatic rings. The quantitative estimate of drug-likeness (QED) is 0.428. The van der Waals surface area contributed by atoms with Gasteiger partial charge in [-0.2, -0.15) is 4.80 Å². The van der Waals surface area contributed by atoms with Crippen molar-refractivity contribution >= 4 is 17.5 Å². The number of primary amides is 1. The highest BCUT2D eigenvalue weighted by Gasteiger charge is 2.17. The van der Waals surface area contributed by atoms with E-state index in [1.807, 2.05) is 0 Å². The second-order valence-electron chi connectivity index (χ2n) is 6.59. The molecule has 3 N–H and O–H groups in total. The number of hydrogen-bond donors (Lipinski definition) is 2. The molecule has 13 heteroatoms. The number of benzene rings is 1. The second kappa shape index (κ2) is 9.64. The predicted molar refractivity (Wildman–Crippen MR) is 109 cm³/mol. The molecule has 0 aliphatic heterocycles. The van der Waals surface area contributed by atoms with Crippen LogP contribution >= 0.6 is 11.6 Å². The summed E-state index contributed by atoms with van der Waals surface area (Å²) in [6.45, 7) is -0.107. The number of tetrazole rings is 1. The number of carbonyl (C=O) groups is 1. The fourth-order valence-electron chi connectivity index (χ4n) is 2.83. The first-order valence-corrected chi connectivity index (χ1v) is 9.51. The van der Waals surface area contributed by atoms with Crippen LogP contribution in [0.15, 0.2) is 40.1 Å². The largest absolute Gasteiger partial charge is 0.386 e. The van der Waals surface area contributed by atoms with Crippen LogP contribution in [0.4, 0.5) is 0 Å². The molecule has 0 radical (unpaired) electrons. The van der Waals surface area contributed by atoms with Crippen molar-refractivity contribution in [3.05, 3.63) is 73.3 Å². The number of nitrogens with zero attached hydrogens (tertiary/aromatic N) is 6. The molecule has 0 saturated carbocycles. The van der Waals surface area contributed by atoms with E-state index in [2.05, 4.69) is 15.4 Å². The van der Waals surface area contributed by atoms with E-state index in [0.717, 1.165) is 15.3 Å². The first kappa shape index (κ1) is 22.3. The molecule has 2 aromatic heterocycles. The summed E-state index contributed by atoms with van der Waals surface area (Å²) in [5.74, 6) is -0.828. The summed E-state index contributed by atoms with van der Waals surface area (Å²) in [4.78, 5) is 37.8. The minimum Gasteiger partial charge on any atom is -0.386 e. The van der Waals surface area contributed by atoms with Gasteiger partial charge in [0.15, 0.2) is 5.82 Å². The number of amides is 1. The fourth-order valence-corrected chi connectivity index (χ4v) is 2.96. The molecule has 0 spiro atoms. The van der Waals surface area contributed by atoms with E-state index in [0.29, 0.717) is 10.6 Å². The Morgan fingerprint density at radius 1 is 1.29 bits per heavy atom. The number of aliphatic hydroxyl groups excluding tert-OH is 1. The maximum Gasteiger partial charge on any atom is 0.331 e. The van der Waals surface area contributed by atoms with Crippen molar-refractivity contribution < 1.29 is 14.6 Å². The summed E-state index contributed by atoms with van der Waals surface area (Å²) in [5.41, 5.74) is 4.07. The molecular formula is C18H20ClN7O5. The van der Waals surface area contributed by atoms with Crippen LogP contribution in [0.5, 0.6) is 0 Å². The molecule has 3 rings (SSSR count). The van der Waals surface area contributed by atoms with Crippen molar-refractivity contribution in [1.82, 2.24) is 29.3 Å². The number of halogens is 1. The number of nitrogens with two attached hydrogens (primary N) is 1. The van der Waals surface area contributed by atoms with Gasteiger partial charge in [0.2, 0.25) is 0 Å². The van der Waals surface area contributed by atoms with E-state index in [4.69, 9.17) is 22.1 Å². The summed E-state index contributed by atoms with van der Waals surface area (Å²) in [6, 6.07) is 6.67. The lowest BCUT2D eigenvalue weighted by atomic mass is 10.1. The maximum absolute atomic E-state index is 12.7. The van der Waals surface area contributed by atoms with Gasteiger partial charge < -0.3 is 15.6 Å². The van der Waals surface area contributed by atoms with E-state index < -0.39 is 23.3 Å². The Balaban J connectivity index is 1.83. The molecule has 0 fully saturated rings. The first-order valence-electron chi connectivity index (χ1n) is 9.13. The molecule has 1 atom stereocenters. The van der Waals surface area contributed by atoms with Gasteiger partial charge in [0.25, 0.3) is 11.5 Å². The van der Waals surface area contributed by atoms with Crippen molar-refractivity contribution in [3.63, 3.8) is 0 Å². The zero-order chi connectivity index (χ0) is 22.5. The molecule has 3 aromatic rings. The van der Waals surface area contributed by atoms with Gasteiger partial charge in [-0.25, -0.2) is 4.79 Å². The van der Waals surface area contributed by atoms with Gasteiger partial charge in [0, 0.05) is 18.3 Å². The molecule has 1 amide bonds. The van der Waals surface area contributed by atoms with Crippen molar-refractivity contribution in [3.8, 4) is 0 Å². The highest BCUT2D eigenvalue weighted by atomic mass is 35.5. The van der Waals surface area contributed by atoms with Crippen molar-refractivity contribution in [2.45, 2.75) is 25.7 Å². The van der Waals surface area contributed by atoms with Gasteiger partial charge in [-0.1, -0.05) is 23.7 Å². The van der Waals surface area contributed by atoms with Gasteiger partial charge in [0.1, 0.15) is 11.7 Å². The van der Waals surface area contributed by atoms with Gasteiger partial charge in [-0.05, 0) is 22.9 Å². The van der Waals surface area contributed by atoms with E-state index in [-0.39, 0.29) is 37.6 Å². The Hall–Kier alpha value is -3.35. The average Bonchev–Trinajstić information content (AvgIpc) is 3.17. The van der Waals surface area contributed by atoms with E-state index in [1.54, 1.807) is 24.3 Å². The van der Waals surface area contributed by atoms with E-state index >= 15 is 0 Å². The predicted octanol–water partition coefficient (Wildman–Crippen LogP) is -0.823. The Morgan fingerprint density at radius 2 is 2.00 bits per heavy atom. The van der Waals surface area contributed by atoms with Crippen LogP contribution < -0.4 is 17.0 Å². The van der Waals surface area contributed by atoms with Gasteiger partial charge >= 0.3 is 5.69 Å². The molecule has 0 aliphatic carbocycles. The normalized spacial score (nSPS) is 12.1. The van der Waals surface area contributed by atoms with Crippen LogP contribution in [0.1, 0.15) is 27.8 Å². The fraction of sp³-hybridized carbons (Fsp3) is 0.333. The summed E-state index contributed by atoms with van der Waals surface area (Å²) < 4.78 is 6.86. The number of ether oxygens (including phenoxy) is 1. The molecule has 12 nitrogen and oxygen atoms in total. The number of hydrogen-bond acceptors (Lipinski definition) is 8. The minimum atomic E-state index is -0.965. The van der Waals surface area contributed by atoms with Crippen LogP contribution in [-0.4, -0.2) is 54.1 Å². The number of carbonyl (C=O) groups excluding carboxylic acids is 1. The summed E-state index contributed by atoms with van der Waals surface area (Å²) in [6.07, 6.45) is 0.166. The van der Waals surface area contributed by atoms with Gasteiger partial charge in [-0.15, -0.1) is 10.2 Å². The number of rotatable bonds is 9. The van der Waals surface area contributed by atoms with Crippen LogP contribution in [-0.2, 0) is 24.4 Å². The zero-order valence-corrected chi connectivity index (χ0v) is 17.3. The third-order valence-electron chi connectivity index (χ3n) is 4.42. The third-order valence-corrected chi connectivity index (χ3v) is 4.67. The monoisotopic (exact) mass is 449 g/mol. The smallest absolute Gasteiger partial charge is 0.331 e. The van der Waals surface area contributed by atoms with Crippen LogP contribution in [0.3, 0.4) is 0 Å². The summed E-state index contributed by atoms with van der Waals surface area (Å²) in [7, 11) is 1.42. The highest BCUT2D eigenvalue weighted by Crippen LogP contribution is 2.17. The van der Waals surface area contributed by atoms with Gasteiger partial charge in [0.05, 0.1) is 26.2 Å². The lowest BCUT2D eigenvalue weighted by Crippen LogP contribution is -2.44. The second-order valence-corrected chi connectivity index (χ2v) is 7.03. The van der Waals surface area contributed by atoms with Crippen LogP contribution in [0.25, 0.3) is 0 Å². The minimum absolute atomic E-state index is 0.0173. The Morgan fingerprint density at radius 3 is 2.65 bits per heavy atom. The van der Waals surface area contributed by atoms with Crippen molar-refractivity contribution in [1.29, 1.82) is 0 Å². The van der Waals surface area contributed by atoms with E-state index in [1.165, 1.54) is 11.9 Å². The Kier molecular flexibility index (Phi) is 6.95. The van der Waals surface area contributed by atoms with Gasteiger partial charge in [-0.3, -0.25) is 18.7 Å². The molecule has 2 heterocycles. The Labute approximate surface area is 180 Å². The van der Waals surface area contributed by atoms with E-state index in [9.17, 15) is 19.5 Å². The third kappa shape index (κ3) is 5.23. The number of aliphatic hydroxyl groups is 1. The SMILES string of the molecule is COCCn1c(=O)c(C(N)=O)cn(Cc2nnn(C[C@H](O)c3ccc(Cl)cc3)n2)c1=O. The topological polar surface area (TPSA) is 160 Å².